The number of hydrogen-bond acceptors (Lipinski definition) is 3. The van der Waals surface area contributed by atoms with E-state index in [4.69, 9.17) is 0 Å². The molecule has 3 aromatic carbocycles. The average molecular weight is 435 g/mol. The Balaban J connectivity index is 1.85. The van der Waals surface area contributed by atoms with E-state index in [0.717, 1.165) is 22.3 Å². The quantitative estimate of drug-likeness (QED) is 0.389. The number of carbonyl (C=O) groups excluding carboxylic acids is 2. The van der Waals surface area contributed by atoms with Crippen molar-refractivity contribution in [3.63, 3.8) is 0 Å². The van der Waals surface area contributed by atoms with Crippen molar-refractivity contribution in [1.29, 1.82) is 5.26 Å². The first-order valence-corrected chi connectivity index (χ1v) is 10.9. The number of hydrogen-bond donors (Lipinski definition) is 1. The van der Waals surface area contributed by atoms with E-state index in [1.165, 1.54) is 0 Å². The van der Waals surface area contributed by atoms with Gasteiger partial charge in [-0.25, -0.2) is 0 Å². The van der Waals surface area contributed by atoms with Gasteiger partial charge in [0.2, 0.25) is 0 Å². The van der Waals surface area contributed by atoms with Crippen LogP contribution in [0, 0.1) is 30.6 Å². The molecule has 0 spiro atoms. The molecule has 4 rings (SSSR count). The highest BCUT2D eigenvalue weighted by Crippen LogP contribution is 2.39. The zero-order chi connectivity index (χ0) is 23.9. The lowest BCUT2D eigenvalue weighted by atomic mass is 9.85. The highest BCUT2D eigenvalue weighted by Gasteiger charge is 2.32. The number of benzene rings is 3. The lowest BCUT2D eigenvalue weighted by Crippen LogP contribution is -2.31. The van der Waals surface area contributed by atoms with Crippen molar-refractivity contribution in [2.24, 2.45) is 5.41 Å². The molecule has 0 fully saturated rings. The van der Waals surface area contributed by atoms with Gasteiger partial charge >= 0.3 is 0 Å². The lowest BCUT2D eigenvalue weighted by molar-refractivity contribution is 0.0958. The third-order valence-corrected chi connectivity index (χ3v) is 5.86. The van der Waals surface area contributed by atoms with Crippen molar-refractivity contribution in [3.05, 3.63) is 99.7 Å². The predicted octanol–water partition coefficient (Wildman–Crippen LogP) is 6.23. The predicted molar refractivity (Wildman–Crippen MR) is 131 cm³/mol. The lowest BCUT2D eigenvalue weighted by Gasteiger charge is -2.26. The number of fused-ring (bicyclic) bond motifs is 3. The van der Waals surface area contributed by atoms with Gasteiger partial charge in [0.25, 0.3) is 5.91 Å². The monoisotopic (exact) mass is 434 g/mol. The first-order valence-electron chi connectivity index (χ1n) is 10.9. The van der Waals surface area contributed by atoms with Crippen LogP contribution in [0.1, 0.15) is 63.7 Å². The Bertz CT molecular complexity index is 1360. The molecule has 1 aliphatic carbocycles. The standard InChI is InChI=1S/C29H26N2O2/c1-17-13-18(2)15-19(14-17)24(16-30)27(29(3,4)5)31-28(33)23-12-8-11-22-25(23)20-9-6-7-10-21(20)26(22)32/h6-15H,1-5H3,(H,31,33). The Morgan fingerprint density at radius 2 is 1.48 bits per heavy atom. The van der Waals surface area contributed by atoms with E-state index in [9.17, 15) is 14.9 Å². The summed E-state index contributed by atoms with van der Waals surface area (Å²) in [5.74, 6) is -0.409. The minimum absolute atomic E-state index is 0.0743. The van der Waals surface area contributed by atoms with E-state index < -0.39 is 5.41 Å². The molecule has 0 heterocycles. The van der Waals surface area contributed by atoms with Crippen LogP contribution in [0.25, 0.3) is 16.7 Å². The summed E-state index contributed by atoms with van der Waals surface area (Å²) in [4.78, 5) is 26.5. The molecule has 4 nitrogen and oxygen atoms in total. The summed E-state index contributed by atoms with van der Waals surface area (Å²) in [6.45, 7) is 9.88. The van der Waals surface area contributed by atoms with Gasteiger partial charge in [0.1, 0.15) is 6.07 Å². The Morgan fingerprint density at radius 3 is 2.09 bits per heavy atom. The summed E-state index contributed by atoms with van der Waals surface area (Å²) in [5, 5.41) is 13.1. The van der Waals surface area contributed by atoms with Crippen LogP contribution in [0.15, 0.2) is 66.4 Å². The molecular weight excluding hydrogens is 408 g/mol. The molecule has 1 N–H and O–H groups in total. The summed E-state index contributed by atoms with van der Waals surface area (Å²) >= 11 is 0. The van der Waals surface area contributed by atoms with Crippen LogP contribution in [0.5, 0.6) is 0 Å². The van der Waals surface area contributed by atoms with E-state index in [1.807, 2.05) is 65.0 Å². The minimum Gasteiger partial charge on any atom is -0.324 e. The number of ketones is 1. The molecule has 0 radical (unpaired) electrons. The molecule has 1 amide bonds. The van der Waals surface area contributed by atoms with E-state index in [1.54, 1.807) is 24.3 Å². The zero-order valence-electron chi connectivity index (χ0n) is 19.5. The van der Waals surface area contributed by atoms with Crippen LogP contribution in [0.2, 0.25) is 0 Å². The molecule has 0 atom stereocenters. The number of carbonyl (C=O) groups is 2. The topological polar surface area (TPSA) is 70.0 Å². The van der Waals surface area contributed by atoms with Crippen molar-refractivity contribution in [2.45, 2.75) is 34.6 Å². The average Bonchev–Trinajstić information content (AvgIpc) is 3.05. The van der Waals surface area contributed by atoms with Gasteiger partial charge in [0.05, 0.1) is 5.57 Å². The fourth-order valence-electron chi connectivity index (χ4n) is 4.45. The van der Waals surface area contributed by atoms with Crippen LogP contribution >= 0.6 is 0 Å². The molecule has 4 heteroatoms. The number of nitrogens with one attached hydrogen (secondary N) is 1. The highest BCUT2D eigenvalue weighted by atomic mass is 16.1. The van der Waals surface area contributed by atoms with Gasteiger partial charge in [-0.2, -0.15) is 5.26 Å². The van der Waals surface area contributed by atoms with Crippen LogP contribution in [0.4, 0.5) is 0 Å². The Kier molecular flexibility index (Phi) is 5.51. The number of amides is 1. The Hall–Kier alpha value is -3.97. The second-order valence-corrected chi connectivity index (χ2v) is 9.55. The van der Waals surface area contributed by atoms with Crippen molar-refractivity contribution >= 4 is 17.3 Å². The number of allylic oxidation sites excluding steroid dienone is 2. The summed E-state index contributed by atoms with van der Waals surface area (Å²) in [6, 6.07) is 20.8. The normalized spacial score (nSPS) is 13.0. The van der Waals surface area contributed by atoms with E-state index in [2.05, 4.69) is 17.5 Å². The fourth-order valence-corrected chi connectivity index (χ4v) is 4.45. The van der Waals surface area contributed by atoms with Gasteiger partial charge in [-0.3, -0.25) is 9.59 Å². The minimum atomic E-state index is -0.496. The molecule has 3 aromatic rings. The van der Waals surface area contributed by atoms with Gasteiger partial charge in [-0.05, 0) is 31.0 Å². The molecule has 0 aromatic heterocycles. The largest absolute Gasteiger partial charge is 0.324 e. The molecule has 0 unspecified atom stereocenters. The summed E-state index contributed by atoms with van der Waals surface area (Å²) < 4.78 is 0. The number of nitriles is 1. The number of nitrogens with zero attached hydrogens (tertiary/aromatic N) is 1. The maximum absolute atomic E-state index is 13.6. The van der Waals surface area contributed by atoms with Crippen LogP contribution in [-0.4, -0.2) is 11.7 Å². The SMILES string of the molecule is Cc1cc(C)cc(C(C#N)=C(NC(=O)c2cccc3c2-c2ccccc2C3=O)C(C)(C)C)c1. The highest BCUT2D eigenvalue weighted by molar-refractivity contribution is 6.24. The van der Waals surface area contributed by atoms with Gasteiger partial charge in [-0.1, -0.05) is 86.5 Å². The second kappa shape index (κ2) is 8.18. The van der Waals surface area contributed by atoms with Crippen molar-refractivity contribution in [3.8, 4) is 17.2 Å². The molecular formula is C29H26N2O2. The van der Waals surface area contributed by atoms with Crippen LogP contribution in [0.3, 0.4) is 0 Å². The molecule has 0 saturated heterocycles. The Labute approximate surface area is 194 Å². The van der Waals surface area contributed by atoms with Crippen LogP contribution in [-0.2, 0) is 0 Å². The molecule has 164 valence electrons. The van der Waals surface area contributed by atoms with Gasteiger partial charge in [-0.15, -0.1) is 0 Å². The maximum Gasteiger partial charge on any atom is 0.256 e. The third-order valence-electron chi connectivity index (χ3n) is 5.86. The molecule has 33 heavy (non-hydrogen) atoms. The molecule has 0 saturated carbocycles. The van der Waals surface area contributed by atoms with Gasteiger partial charge in [0, 0.05) is 33.4 Å². The number of rotatable bonds is 3. The maximum atomic E-state index is 13.6. The molecule has 0 bridgehead atoms. The molecule has 1 aliphatic rings. The van der Waals surface area contributed by atoms with Crippen molar-refractivity contribution in [2.75, 3.05) is 0 Å². The third kappa shape index (κ3) is 3.99. The van der Waals surface area contributed by atoms with E-state index in [-0.39, 0.29) is 11.7 Å². The second-order valence-electron chi connectivity index (χ2n) is 9.55. The summed E-state index contributed by atoms with van der Waals surface area (Å²) in [5.41, 5.74) is 6.33. The van der Waals surface area contributed by atoms with E-state index >= 15 is 0 Å². The van der Waals surface area contributed by atoms with Crippen LogP contribution < -0.4 is 5.32 Å². The summed E-state index contributed by atoms with van der Waals surface area (Å²) in [7, 11) is 0. The Morgan fingerprint density at radius 1 is 0.879 bits per heavy atom. The van der Waals surface area contributed by atoms with Crippen molar-refractivity contribution in [1.82, 2.24) is 5.32 Å². The first-order chi connectivity index (χ1) is 15.6. The van der Waals surface area contributed by atoms with Crippen molar-refractivity contribution < 1.29 is 9.59 Å². The van der Waals surface area contributed by atoms with E-state index in [0.29, 0.717) is 33.5 Å². The smallest absolute Gasteiger partial charge is 0.256 e. The number of aryl methyl sites for hydroxylation is 2. The summed E-state index contributed by atoms with van der Waals surface area (Å²) in [6.07, 6.45) is 0. The van der Waals surface area contributed by atoms with Gasteiger partial charge in [0.15, 0.2) is 5.78 Å². The fraction of sp³-hybridized carbons (Fsp3) is 0.207. The first kappa shape index (κ1) is 22.2. The van der Waals surface area contributed by atoms with Gasteiger partial charge < -0.3 is 5.32 Å². The zero-order valence-corrected chi connectivity index (χ0v) is 19.5. The molecule has 0 aliphatic heterocycles.